The number of benzene rings is 2. The number of aryl methyl sites for hydroxylation is 2. The van der Waals surface area contributed by atoms with Gasteiger partial charge in [-0.15, -0.1) is 0 Å². The topological polar surface area (TPSA) is 53.4 Å². The van der Waals surface area contributed by atoms with Crippen LogP contribution < -0.4 is 10.2 Å². The van der Waals surface area contributed by atoms with Gasteiger partial charge in [-0.1, -0.05) is 30.3 Å². The second kappa shape index (κ2) is 10.5. The third-order valence-electron chi connectivity index (χ3n) is 6.05. The maximum Gasteiger partial charge on any atom is 0.271 e. The van der Waals surface area contributed by atoms with Gasteiger partial charge >= 0.3 is 0 Å². The van der Waals surface area contributed by atoms with Gasteiger partial charge in [-0.05, 0) is 69.1 Å². The van der Waals surface area contributed by atoms with Crippen molar-refractivity contribution >= 4 is 11.6 Å². The van der Waals surface area contributed by atoms with Crippen LogP contribution in [0.1, 0.15) is 34.6 Å². The van der Waals surface area contributed by atoms with E-state index in [1.807, 2.05) is 48.0 Å². The number of rotatable bonds is 8. The summed E-state index contributed by atoms with van der Waals surface area (Å²) in [5.41, 5.74) is 5.03. The highest BCUT2D eigenvalue weighted by Gasteiger charge is 2.17. The third kappa shape index (κ3) is 5.56. The van der Waals surface area contributed by atoms with E-state index in [9.17, 15) is 4.79 Å². The van der Waals surface area contributed by atoms with Gasteiger partial charge < -0.3 is 10.2 Å². The van der Waals surface area contributed by atoms with Crippen molar-refractivity contribution in [3.05, 3.63) is 77.6 Å². The lowest BCUT2D eigenvalue weighted by Crippen LogP contribution is -2.46. The van der Waals surface area contributed by atoms with Gasteiger partial charge in [0.2, 0.25) is 0 Å². The van der Waals surface area contributed by atoms with Gasteiger partial charge in [0.25, 0.3) is 5.91 Å². The fraction of sp³-hybridized carbons (Fsp3) is 0.385. The zero-order chi connectivity index (χ0) is 22.3. The van der Waals surface area contributed by atoms with Crippen molar-refractivity contribution in [1.29, 1.82) is 0 Å². The fourth-order valence-electron chi connectivity index (χ4n) is 4.22. The lowest BCUT2D eigenvalue weighted by Gasteiger charge is -2.36. The Bertz CT molecular complexity index is 1020. The normalized spacial score (nSPS) is 14.5. The van der Waals surface area contributed by atoms with Crippen LogP contribution >= 0.6 is 0 Å². The summed E-state index contributed by atoms with van der Waals surface area (Å²) < 4.78 is 1.81. The number of piperazine rings is 1. The Hall–Kier alpha value is -3.12. The summed E-state index contributed by atoms with van der Waals surface area (Å²) >= 11 is 0. The first-order valence-corrected chi connectivity index (χ1v) is 11.5. The van der Waals surface area contributed by atoms with E-state index in [0.29, 0.717) is 12.2 Å². The minimum absolute atomic E-state index is 0.102. The third-order valence-corrected chi connectivity index (χ3v) is 6.05. The highest BCUT2D eigenvalue weighted by atomic mass is 16.1. The molecule has 1 aliphatic heterocycles. The Kier molecular flexibility index (Phi) is 7.22. The molecule has 0 aliphatic carbocycles. The molecular weight excluding hydrogens is 398 g/mol. The summed E-state index contributed by atoms with van der Waals surface area (Å²) in [6, 6.07) is 20.5. The Labute approximate surface area is 190 Å². The molecule has 1 saturated heterocycles. The molecule has 1 aromatic heterocycles. The van der Waals surface area contributed by atoms with Gasteiger partial charge in [-0.3, -0.25) is 9.69 Å². The minimum atomic E-state index is -0.102. The maximum absolute atomic E-state index is 12.5. The molecule has 3 aromatic rings. The molecule has 0 saturated carbocycles. The second-order valence-electron chi connectivity index (χ2n) is 8.55. The Morgan fingerprint density at radius 1 is 0.906 bits per heavy atom. The molecule has 0 spiro atoms. The molecule has 168 valence electrons. The average molecular weight is 432 g/mol. The van der Waals surface area contributed by atoms with E-state index in [1.54, 1.807) is 0 Å². The number of carbonyl (C=O) groups is 1. The number of unbranched alkanes of at least 4 members (excludes halogenated alkanes) is 1. The van der Waals surface area contributed by atoms with Gasteiger partial charge in [0.15, 0.2) is 5.69 Å². The monoisotopic (exact) mass is 431 g/mol. The van der Waals surface area contributed by atoms with Crippen LogP contribution in [-0.2, 0) is 0 Å². The number of para-hydroxylation sites is 1. The Morgan fingerprint density at radius 3 is 2.41 bits per heavy atom. The number of hydrogen-bond acceptors (Lipinski definition) is 4. The van der Waals surface area contributed by atoms with Crippen molar-refractivity contribution in [2.24, 2.45) is 0 Å². The summed E-state index contributed by atoms with van der Waals surface area (Å²) in [4.78, 5) is 17.5. The smallest absolute Gasteiger partial charge is 0.271 e. The Balaban J connectivity index is 1.15. The summed E-state index contributed by atoms with van der Waals surface area (Å²) in [7, 11) is 0. The van der Waals surface area contributed by atoms with Crippen LogP contribution in [0.2, 0.25) is 0 Å². The molecule has 0 unspecified atom stereocenters. The van der Waals surface area contributed by atoms with Crippen LogP contribution in [0.3, 0.4) is 0 Å². The number of amides is 1. The highest BCUT2D eigenvalue weighted by Crippen LogP contribution is 2.18. The zero-order valence-electron chi connectivity index (χ0n) is 19.1. The highest BCUT2D eigenvalue weighted by molar-refractivity contribution is 5.92. The van der Waals surface area contributed by atoms with Crippen molar-refractivity contribution in [2.75, 3.05) is 44.2 Å². The number of aromatic nitrogens is 2. The van der Waals surface area contributed by atoms with E-state index in [2.05, 4.69) is 51.4 Å². The van der Waals surface area contributed by atoms with Crippen LogP contribution in [-0.4, -0.2) is 59.9 Å². The molecular formula is C26H33N5O. The predicted molar refractivity (Wildman–Crippen MR) is 130 cm³/mol. The summed E-state index contributed by atoms with van der Waals surface area (Å²) in [6.07, 6.45) is 2.06. The number of hydrogen-bond donors (Lipinski definition) is 1. The van der Waals surface area contributed by atoms with Gasteiger partial charge in [0, 0.05) is 44.1 Å². The number of anilines is 1. The number of nitrogens with zero attached hydrogens (tertiary/aromatic N) is 4. The first-order chi connectivity index (χ1) is 15.6. The lowest BCUT2D eigenvalue weighted by molar-refractivity contribution is 0.0947. The van der Waals surface area contributed by atoms with Crippen LogP contribution in [0.4, 0.5) is 5.69 Å². The standard InChI is InChI=1S/C26H33N5O/c1-21-9-8-12-24(19-21)30-17-15-29(16-18-30)14-7-6-13-27-26(32)25-20-22(2)31(28-25)23-10-4-3-5-11-23/h3-5,8-12,19-20H,6-7,13-18H2,1-2H3,(H,27,32). The van der Waals surface area contributed by atoms with Crippen molar-refractivity contribution in [3.63, 3.8) is 0 Å². The van der Waals surface area contributed by atoms with E-state index >= 15 is 0 Å². The maximum atomic E-state index is 12.5. The molecule has 6 nitrogen and oxygen atoms in total. The zero-order valence-corrected chi connectivity index (χ0v) is 19.1. The van der Waals surface area contributed by atoms with Crippen molar-refractivity contribution in [2.45, 2.75) is 26.7 Å². The number of carbonyl (C=O) groups excluding carboxylic acids is 1. The van der Waals surface area contributed by atoms with E-state index in [1.165, 1.54) is 11.3 Å². The van der Waals surface area contributed by atoms with E-state index < -0.39 is 0 Å². The molecule has 1 fully saturated rings. The Morgan fingerprint density at radius 2 is 1.66 bits per heavy atom. The predicted octanol–water partition coefficient (Wildman–Crippen LogP) is 3.82. The van der Waals surface area contributed by atoms with Crippen LogP contribution in [0.15, 0.2) is 60.7 Å². The van der Waals surface area contributed by atoms with Gasteiger partial charge in [-0.2, -0.15) is 5.10 Å². The van der Waals surface area contributed by atoms with E-state index in [4.69, 9.17) is 0 Å². The van der Waals surface area contributed by atoms with Gasteiger partial charge in [0.1, 0.15) is 0 Å². The van der Waals surface area contributed by atoms with Crippen LogP contribution in [0.25, 0.3) is 5.69 Å². The quantitative estimate of drug-likeness (QED) is 0.551. The number of nitrogens with one attached hydrogen (secondary N) is 1. The second-order valence-corrected chi connectivity index (χ2v) is 8.55. The molecule has 1 N–H and O–H groups in total. The molecule has 2 aromatic carbocycles. The first-order valence-electron chi connectivity index (χ1n) is 11.5. The van der Waals surface area contributed by atoms with Crippen molar-refractivity contribution < 1.29 is 4.79 Å². The summed E-state index contributed by atoms with van der Waals surface area (Å²) in [5.74, 6) is -0.102. The van der Waals surface area contributed by atoms with Crippen LogP contribution in [0.5, 0.6) is 0 Å². The largest absolute Gasteiger partial charge is 0.369 e. The van der Waals surface area contributed by atoms with Gasteiger partial charge in [-0.25, -0.2) is 4.68 Å². The summed E-state index contributed by atoms with van der Waals surface area (Å²) in [5, 5.41) is 7.50. The fourth-order valence-corrected chi connectivity index (χ4v) is 4.22. The van der Waals surface area contributed by atoms with Crippen LogP contribution in [0, 0.1) is 13.8 Å². The molecule has 6 heteroatoms. The molecule has 0 radical (unpaired) electrons. The lowest BCUT2D eigenvalue weighted by atomic mass is 10.2. The van der Waals surface area contributed by atoms with E-state index in [0.717, 1.165) is 56.9 Å². The molecule has 32 heavy (non-hydrogen) atoms. The SMILES string of the molecule is Cc1cccc(N2CCN(CCCCNC(=O)c3cc(C)n(-c4ccccc4)n3)CC2)c1. The summed E-state index contributed by atoms with van der Waals surface area (Å²) in [6.45, 7) is 10.2. The molecule has 0 atom stereocenters. The molecule has 2 heterocycles. The van der Waals surface area contributed by atoms with E-state index in [-0.39, 0.29) is 5.91 Å². The molecule has 1 aliphatic rings. The minimum Gasteiger partial charge on any atom is -0.369 e. The molecule has 1 amide bonds. The van der Waals surface area contributed by atoms with Gasteiger partial charge in [0.05, 0.1) is 5.69 Å². The molecule has 0 bridgehead atoms. The first kappa shape index (κ1) is 22.1. The van der Waals surface area contributed by atoms with Crippen molar-refractivity contribution in [1.82, 2.24) is 20.0 Å². The molecule has 4 rings (SSSR count). The van der Waals surface area contributed by atoms with Crippen molar-refractivity contribution in [3.8, 4) is 5.69 Å². The average Bonchev–Trinajstić information content (AvgIpc) is 3.21.